The van der Waals surface area contributed by atoms with E-state index in [9.17, 15) is 38.4 Å². The van der Waals surface area contributed by atoms with Crippen molar-refractivity contribution in [3.63, 3.8) is 0 Å². The molecule has 3 rings (SSSR count). The maximum absolute atomic E-state index is 14.0. The summed E-state index contributed by atoms with van der Waals surface area (Å²) < 4.78 is 0. The largest absolute Gasteiger partial charge is 0.358 e. The highest BCUT2D eigenvalue weighted by Crippen LogP contribution is 2.33. The Balaban J connectivity index is 1.71. The SMILES string of the molecule is C[C@H]1NC(=O)[C@H](CCCC[NH3+])NC(=O)[C@@H](CCCCNC(=O)CCCC[C@@H]2SCC3NC(=O)NC32)NC(=O)[C@H](CCCC[NH3+])NC(=O)[C@@H](C)NC(=O)[C@H](CCCC[NH3+])NC1=O. The van der Waals surface area contributed by atoms with Gasteiger partial charge in [0.15, 0.2) is 0 Å². The third kappa shape index (κ3) is 18.0. The number of unbranched alkanes of at least 4 members (excludes halogenated alkanes) is 5. The number of carbonyl (C=O) groups is 8. The van der Waals surface area contributed by atoms with Crippen molar-refractivity contribution in [2.24, 2.45) is 0 Å². The number of urea groups is 1. The van der Waals surface area contributed by atoms with E-state index in [0.717, 1.165) is 25.0 Å². The average molecular weight is 884 g/mol. The minimum Gasteiger partial charge on any atom is -0.358 e. The van der Waals surface area contributed by atoms with Gasteiger partial charge in [0.25, 0.3) is 0 Å². The molecule has 0 aliphatic carbocycles. The lowest BCUT2D eigenvalue weighted by Crippen LogP contribution is -2.61. The molecule has 9 atom stereocenters. The van der Waals surface area contributed by atoms with Crippen LogP contribution in [0.4, 0.5) is 4.79 Å². The van der Waals surface area contributed by atoms with Crippen LogP contribution in [0.2, 0.25) is 0 Å². The first-order valence-electron chi connectivity index (χ1n) is 22.4. The average Bonchev–Trinajstić information content (AvgIpc) is 3.78. The summed E-state index contributed by atoms with van der Waals surface area (Å²) in [6.07, 6.45) is 8.56. The fourth-order valence-electron chi connectivity index (χ4n) is 7.61. The van der Waals surface area contributed by atoms with Crippen LogP contribution in [0.3, 0.4) is 0 Å². The van der Waals surface area contributed by atoms with E-state index in [1.807, 2.05) is 11.8 Å². The highest BCUT2D eigenvalue weighted by molar-refractivity contribution is 8.00. The molecular formula is C40H75N12O8S+3. The summed E-state index contributed by atoms with van der Waals surface area (Å²) in [5.41, 5.74) is 11.6. The van der Waals surface area contributed by atoms with E-state index in [1.54, 1.807) is 0 Å². The lowest BCUT2D eigenvalue weighted by Gasteiger charge is -2.28. The molecule has 20 nitrogen and oxygen atoms in total. The molecule has 3 saturated heterocycles. The van der Waals surface area contributed by atoms with Crippen LogP contribution in [0.1, 0.15) is 117 Å². The number of carbonyl (C=O) groups excluding carboxylic acids is 8. The zero-order valence-electron chi connectivity index (χ0n) is 36.3. The third-order valence-corrected chi connectivity index (χ3v) is 12.8. The highest BCUT2D eigenvalue weighted by Gasteiger charge is 2.42. The summed E-state index contributed by atoms with van der Waals surface area (Å²) in [7, 11) is 0. The van der Waals surface area contributed by atoms with Gasteiger partial charge in [0, 0.05) is 24.0 Å². The molecule has 3 aliphatic rings. The Hall–Kier alpha value is -4.21. The Morgan fingerprint density at radius 3 is 1.39 bits per heavy atom. The number of thioether (sulfide) groups is 1. The molecule has 61 heavy (non-hydrogen) atoms. The van der Waals surface area contributed by atoms with Crippen LogP contribution in [-0.4, -0.2) is 133 Å². The standard InChI is InChI=1S/C40H72N12O8S/c1-24-34(54)47-26(13-5-9-19-41)36(56)45-25(2)35(55)48-28(15-7-11-21-43)38(58)50-29(39(59)49-27(37(57)46-24)14-6-10-20-42)16-8-12-22-44-32(53)18-4-3-17-31-33-30(23-61-31)51-40(60)52-33/h24-31,33H,3-23,41-43H2,1-2H3,(H,44,53)(H,45,56)(H,46,57)(H,47,54)(H,48,55)(H,49,59)(H,50,58)(H2,51,52,60)/p+3/t24-,25-,26+,27+,28+,29-,30?,31+,33?/m1/s1. The van der Waals surface area contributed by atoms with Crippen molar-refractivity contribution >= 4 is 59.1 Å². The third-order valence-electron chi connectivity index (χ3n) is 11.3. The second kappa shape index (κ2) is 27.7. The summed E-state index contributed by atoms with van der Waals surface area (Å²) in [6, 6.07) is -6.14. The van der Waals surface area contributed by atoms with Gasteiger partial charge in [-0.05, 0) is 104 Å². The molecule has 9 amide bonds. The maximum Gasteiger partial charge on any atom is 0.315 e. The lowest BCUT2D eigenvalue weighted by molar-refractivity contribution is -0.368. The van der Waals surface area contributed by atoms with Crippen molar-refractivity contribution in [2.45, 2.75) is 170 Å². The van der Waals surface area contributed by atoms with Crippen molar-refractivity contribution < 1.29 is 55.6 Å². The van der Waals surface area contributed by atoms with Gasteiger partial charge in [-0.1, -0.05) is 6.42 Å². The Labute approximate surface area is 363 Å². The number of fused-ring (bicyclic) bond motifs is 1. The molecule has 21 heteroatoms. The van der Waals surface area contributed by atoms with Crippen LogP contribution >= 0.6 is 11.8 Å². The molecule has 0 spiro atoms. The molecule has 0 radical (unpaired) electrons. The van der Waals surface area contributed by atoms with E-state index in [0.29, 0.717) is 89.2 Å². The second-order valence-electron chi connectivity index (χ2n) is 16.5. The van der Waals surface area contributed by atoms with Crippen LogP contribution in [0, 0.1) is 0 Å². The van der Waals surface area contributed by atoms with Crippen molar-refractivity contribution in [1.82, 2.24) is 47.9 Å². The summed E-state index contributed by atoms with van der Waals surface area (Å²) >= 11 is 1.84. The van der Waals surface area contributed by atoms with Gasteiger partial charge in [0.05, 0.1) is 31.7 Å². The summed E-state index contributed by atoms with van der Waals surface area (Å²) in [5, 5.41) is 25.7. The maximum atomic E-state index is 14.0. The van der Waals surface area contributed by atoms with E-state index >= 15 is 0 Å². The van der Waals surface area contributed by atoms with Gasteiger partial charge in [0.1, 0.15) is 36.3 Å². The number of hydrogen-bond acceptors (Lipinski definition) is 9. The number of hydrogen-bond donors (Lipinski definition) is 12. The van der Waals surface area contributed by atoms with Gasteiger partial charge < -0.3 is 65.1 Å². The van der Waals surface area contributed by atoms with E-state index in [-0.39, 0.29) is 49.7 Å². The number of quaternary nitrogens is 3. The molecule has 0 aromatic heterocycles. The van der Waals surface area contributed by atoms with E-state index in [4.69, 9.17) is 0 Å². The van der Waals surface area contributed by atoms with Crippen molar-refractivity contribution in [1.29, 1.82) is 0 Å². The molecule has 0 aromatic rings. The van der Waals surface area contributed by atoms with Crippen LogP contribution in [0.5, 0.6) is 0 Å². The molecule has 0 saturated carbocycles. The summed E-state index contributed by atoms with van der Waals surface area (Å²) in [6.45, 7) is 5.20. The molecule has 0 bridgehead atoms. The van der Waals surface area contributed by atoms with E-state index in [2.05, 4.69) is 65.1 Å². The van der Waals surface area contributed by atoms with Crippen LogP contribution in [-0.2, 0) is 33.6 Å². The van der Waals surface area contributed by atoms with E-state index in [1.165, 1.54) is 13.8 Å². The normalized spacial score (nSPS) is 27.8. The van der Waals surface area contributed by atoms with Crippen LogP contribution in [0.25, 0.3) is 0 Å². The van der Waals surface area contributed by atoms with Gasteiger partial charge in [0.2, 0.25) is 41.4 Å². The van der Waals surface area contributed by atoms with Gasteiger partial charge in [-0.3, -0.25) is 33.6 Å². The minimum atomic E-state index is -1.10. The van der Waals surface area contributed by atoms with E-state index < -0.39 is 71.7 Å². The number of amides is 9. The van der Waals surface area contributed by atoms with Gasteiger partial charge in [-0.15, -0.1) is 0 Å². The number of rotatable bonds is 22. The molecular weight excluding hydrogens is 809 g/mol. The summed E-state index contributed by atoms with van der Waals surface area (Å²) in [4.78, 5) is 106. The van der Waals surface area contributed by atoms with Gasteiger partial charge >= 0.3 is 6.03 Å². The number of nitrogens with one attached hydrogen (secondary N) is 9. The quantitative estimate of drug-likeness (QED) is 0.0374. The highest BCUT2D eigenvalue weighted by atomic mass is 32.2. The van der Waals surface area contributed by atoms with Crippen molar-refractivity contribution in [2.75, 3.05) is 31.9 Å². The van der Waals surface area contributed by atoms with Gasteiger partial charge in [-0.25, -0.2) is 4.79 Å². The zero-order chi connectivity index (χ0) is 44.7. The lowest BCUT2D eigenvalue weighted by atomic mass is 10.0. The van der Waals surface area contributed by atoms with Crippen molar-refractivity contribution in [3.8, 4) is 0 Å². The molecule has 3 heterocycles. The zero-order valence-corrected chi connectivity index (χ0v) is 37.2. The smallest absolute Gasteiger partial charge is 0.315 e. The molecule has 3 aliphatic heterocycles. The first kappa shape index (κ1) is 51.1. The molecule has 18 N–H and O–H groups in total. The minimum absolute atomic E-state index is 0.0788. The van der Waals surface area contributed by atoms with Crippen LogP contribution < -0.4 is 65.1 Å². The predicted molar refractivity (Wildman–Crippen MR) is 229 cm³/mol. The molecule has 3 fully saturated rings. The fourth-order valence-corrected chi connectivity index (χ4v) is 9.16. The second-order valence-corrected chi connectivity index (χ2v) is 17.7. The monoisotopic (exact) mass is 884 g/mol. The first-order chi connectivity index (χ1) is 29.3. The Morgan fingerprint density at radius 1 is 0.525 bits per heavy atom. The molecule has 0 aromatic carbocycles. The topological polar surface area (TPSA) is 328 Å². The van der Waals surface area contributed by atoms with Crippen LogP contribution in [0.15, 0.2) is 0 Å². The molecule has 346 valence electrons. The summed E-state index contributed by atoms with van der Waals surface area (Å²) in [5.74, 6) is -2.76. The Bertz CT molecular complexity index is 1470. The Morgan fingerprint density at radius 2 is 0.934 bits per heavy atom. The fraction of sp³-hybridized carbons (Fsp3) is 0.800. The van der Waals surface area contributed by atoms with Crippen molar-refractivity contribution in [3.05, 3.63) is 0 Å². The Kier molecular flexibility index (Phi) is 23.2. The van der Waals surface area contributed by atoms with Gasteiger partial charge in [-0.2, -0.15) is 11.8 Å². The first-order valence-corrected chi connectivity index (χ1v) is 23.5. The predicted octanol–water partition coefficient (Wildman–Crippen LogP) is -3.80. The molecule has 2 unspecified atom stereocenters.